The molecule has 2 rings (SSSR count). The Labute approximate surface area is 127 Å². The molecule has 1 aliphatic heterocycles. The van der Waals surface area contributed by atoms with Crippen LogP contribution in [-0.4, -0.2) is 37.3 Å². The van der Waals surface area contributed by atoms with Crippen molar-refractivity contribution >= 4 is 15.9 Å². The van der Waals surface area contributed by atoms with Crippen LogP contribution < -0.4 is 5.32 Å². The minimum Gasteiger partial charge on any atom is -0.314 e. The van der Waals surface area contributed by atoms with Gasteiger partial charge in [-0.2, -0.15) is 13.2 Å². The first-order valence-electron chi connectivity index (χ1n) is 6.44. The molecule has 0 amide bonds. The van der Waals surface area contributed by atoms with Crippen molar-refractivity contribution in [2.24, 2.45) is 0 Å². The van der Waals surface area contributed by atoms with Crippen molar-refractivity contribution in [1.29, 1.82) is 0 Å². The lowest BCUT2D eigenvalue weighted by atomic mass is 9.99. The Hall–Kier alpha value is -0.730. The van der Waals surface area contributed by atoms with E-state index in [1.807, 2.05) is 0 Å². The highest BCUT2D eigenvalue weighted by Crippen LogP contribution is 2.37. The SMILES string of the molecule is Fc1cc(Br)cc(F)c1[C@H](CC(F)(F)F)N1CCNCC1. The molecule has 1 heterocycles. The number of benzene rings is 1. The first-order chi connectivity index (χ1) is 9.78. The van der Waals surface area contributed by atoms with Crippen molar-refractivity contribution in [3.8, 4) is 0 Å². The Morgan fingerprint density at radius 3 is 2.14 bits per heavy atom. The third-order valence-electron chi connectivity index (χ3n) is 3.39. The maximum atomic E-state index is 14.0. The normalized spacial score (nSPS) is 18.8. The van der Waals surface area contributed by atoms with Gasteiger partial charge in [0.05, 0.1) is 6.42 Å². The average molecular weight is 373 g/mol. The van der Waals surface area contributed by atoms with Crippen molar-refractivity contribution in [2.45, 2.75) is 18.6 Å². The zero-order chi connectivity index (χ0) is 15.6. The molecular formula is C13H14BrF5N2. The van der Waals surface area contributed by atoms with Crippen LogP contribution in [0.5, 0.6) is 0 Å². The second kappa shape index (κ2) is 6.58. The predicted octanol–water partition coefficient (Wildman–Crippen LogP) is 3.63. The van der Waals surface area contributed by atoms with Crippen molar-refractivity contribution in [2.75, 3.05) is 26.2 Å². The molecule has 0 radical (unpaired) electrons. The highest BCUT2D eigenvalue weighted by Gasteiger charge is 2.38. The molecule has 2 nitrogen and oxygen atoms in total. The van der Waals surface area contributed by atoms with E-state index in [-0.39, 0.29) is 4.47 Å². The number of nitrogens with zero attached hydrogens (tertiary/aromatic N) is 1. The molecular weight excluding hydrogens is 359 g/mol. The summed E-state index contributed by atoms with van der Waals surface area (Å²) in [4.78, 5) is 1.47. The quantitative estimate of drug-likeness (QED) is 0.815. The lowest BCUT2D eigenvalue weighted by Crippen LogP contribution is -2.46. The van der Waals surface area contributed by atoms with Gasteiger partial charge in [0.2, 0.25) is 0 Å². The molecule has 1 fully saturated rings. The summed E-state index contributed by atoms with van der Waals surface area (Å²) in [5, 5.41) is 3.00. The van der Waals surface area contributed by atoms with E-state index in [4.69, 9.17) is 0 Å². The standard InChI is InChI=1S/C13H14BrF5N2/c14-8-5-9(15)12(10(16)6-8)11(7-13(17,18)19)21-3-1-20-2-4-21/h5-6,11,20H,1-4,7H2/t11-/m0/s1. The topological polar surface area (TPSA) is 15.3 Å². The summed E-state index contributed by atoms with van der Waals surface area (Å²) in [6, 6.07) is 0.633. The summed E-state index contributed by atoms with van der Waals surface area (Å²) in [5.41, 5.74) is -0.516. The number of rotatable bonds is 3. The fourth-order valence-corrected chi connectivity index (χ4v) is 2.90. The van der Waals surface area contributed by atoms with Crippen LogP contribution in [0, 0.1) is 11.6 Å². The Morgan fingerprint density at radius 2 is 1.67 bits per heavy atom. The maximum Gasteiger partial charge on any atom is 0.390 e. The van der Waals surface area contributed by atoms with Crippen LogP contribution >= 0.6 is 15.9 Å². The van der Waals surface area contributed by atoms with E-state index < -0.39 is 35.8 Å². The minimum atomic E-state index is -4.50. The lowest BCUT2D eigenvalue weighted by molar-refractivity contribution is -0.149. The van der Waals surface area contributed by atoms with Gasteiger partial charge in [0.1, 0.15) is 11.6 Å². The molecule has 0 aromatic heterocycles. The van der Waals surface area contributed by atoms with Crippen LogP contribution in [0.1, 0.15) is 18.0 Å². The number of piperazine rings is 1. The summed E-state index contributed by atoms with van der Waals surface area (Å²) in [5.74, 6) is -1.93. The summed E-state index contributed by atoms with van der Waals surface area (Å²) < 4.78 is 66.6. The van der Waals surface area contributed by atoms with Gasteiger partial charge in [0.15, 0.2) is 0 Å². The van der Waals surface area contributed by atoms with E-state index in [0.717, 1.165) is 12.1 Å². The van der Waals surface area contributed by atoms with E-state index in [2.05, 4.69) is 21.2 Å². The van der Waals surface area contributed by atoms with E-state index in [9.17, 15) is 22.0 Å². The second-order valence-electron chi connectivity index (χ2n) is 4.90. The number of hydrogen-bond donors (Lipinski definition) is 1. The van der Waals surface area contributed by atoms with Crippen LogP contribution in [0.15, 0.2) is 16.6 Å². The number of halogens is 6. The molecule has 0 aliphatic carbocycles. The molecule has 1 aromatic carbocycles. The molecule has 0 bridgehead atoms. The Bertz CT molecular complexity index is 477. The van der Waals surface area contributed by atoms with Crippen molar-refractivity contribution in [3.05, 3.63) is 33.8 Å². The number of hydrogen-bond acceptors (Lipinski definition) is 2. The monoisotopic (exact) mass is 372 g/mol. The van der Waals surface area contributed by atoms with Crippen molar-refractivity contribution in [3.63, 3.8) is 0 Å². The molecule has 1 N–H and O–H groups in total. The Kier molecular flexibility index (Phi) is 5.21. The molecule has 8 heteroatoms. The fraction of sp³-hybridized carbons (Fsp3) is 0.538. The van der Waals surface area contributed by atoms with Gasteiger partial charge in [-0.1, -0.05) is 15.9 Å². The van der Waals surface area contributed by atoms with Gasteiger partial charge in [0.25, 0.3) is 0 Å². The third-order valence-corrected chi connectivity index (χ3v) is 3.85. The molecule has 0 unspecified atom stereocenters. The van der Waals surface area contributed by atoms with Crippen molar-refractivity contribution in [1.82, 2.24) is 10.2 Å². The van der Waals surface area contributed by atoms with E-state index in [1.165, 1.54) is 4.90 Å². The van der Waals surface area contributed by atoms with Crippen LogP contribution in [0.25, 0.3) is 0 Å². The maximum absolute atomic E-state index is 14.0. The van der Waals surface area contributed by atoms with Crippen LogP contribution in [0.4, 0.5) is 22.0 Å². The summed E-state index contributed by atoms with van der Waals surface area (Å²) in [6.45, 7) is 1.62. The second-order valence-corrected chi connectivity index (χ2v) is 5.82. The smallest absolute Gasteiger partial charge is 0.314 e. The Morgan fingerprint density at radius 1 is 1.14 bits per heavy atom. The molecule has 1 atom stereocenters. The van der Waals surface area contributed by atoms with Crippen molar-refractivity contribution < 1.29 is 22.0 Å². The van der Waals surface area contributed by atoms with Crippen LogP contribution in [0.3, 0.4) is 0 Å². The summed E-state index contributed by atoms with van der Waals surface area (Å²) in [7, 11) is 0. The Balaban J connectivity index is 2.39. The number of alkyl halides is 3. The van der Waals surface area contributed by atoms with Crippen LogP contribution in [-0.2, 0) is 0 Å². The lowest BCUT2D eigenvalue weighted by Gasteiger charge is -2.35. The fourth-order valence-electron chi connectivity index (χ4n) is 2.50. The van der Waals surface area contributed by atoms with Gasteiger partial charge in [-0.15, -0.1) is 0 Å². The molecule has 1 aromatic rings. The van der Waals surface area contributed by atoms with Gasteiger partial charge in [-0.3, -0.25) is 4.90 Å². The van der Waals surface area contributed by atoms with Gasteiger partial charge >= 0.3 is 6.18 Å². The largest absolute Gasteiger partial charge is 0.390 e. The third kappa shape index (κ3) is 4.37. The molecule has 1 aliphatic rings. The molecule has 21 heavy (non-hydrogen) atoms. The van der Waals surface area contributed by atoms with Gasteiger partial charge in [-0.05, 0) is 12.1 Å². The summed E-state index contributed by atoms with van der Waals surface area (Å²) in [6.07, 6.45) is -5.77. The first-order valence-corrected chi connectivity index (χ1v) is 7.23. The number of nitrogens with one attached hydrogen (secondary N) is 1. The molecule has 1 saturated heterocycles. The summed E-state index contributed by atoms with van der Waals surface area (Å²) >= 11 is 2.93. The van der Waals surface area contributed by atoms with E-state index >= 15 is 0 Å². The van der Waals surface area contributed by atoms with Gasteiger partial charge in [-0.25, -0.2) is 8.78 Å². The molecule has 118 valence electrons. The first kappa shape index (κ1) is 16.6. The van der Waals surface area contributed by atoms with Gasteiger partial charge in [0, 0.05) is 42.3 Å². The van der Waals surface area contributed by atoms with E-state index in [1.54, 1.807) is 0 Å². The molecule has 0 spiro atoms. The van der Waals surface area contributed by atoms with Crippen LogP contribution in [0.2, 0.25) is 0 Å². The zero-order valence-electron chi connectivity index (χ0n) is 11.0. The molecule has 0 saturated carbocycles. The predicted molar refractivity (Wildman–Crippen MR) is 71.9 cm³/mol. The highest BCUT2D eigenvalue weighted by atomic mass is 79.9. The minimum absolute atomic E-state index is 0.160. The zero-order valence-corrected chi connectivity index (χ0v) is 12.6. The highest BCUT2D eigenvalue weighted by molar-refractivity contribution is 9.10. The van der Waals surface area contributed by atoms with E-state index in [0.29, 0.717) is 26.2 Å². The van der Waals surface area contributed by atoms with Gasteiger partial charge < -0.3 is 5.32 Å². The average Bonchev–Trinajstić information content (AvgIpc) is 2.36.